The van der Waals surface area contributed by atoms with E-state index in [1.807, 2.05) is 0 Å². The first kappa shape index (κ1) is 12.0. The van der Waals surface area contributed by atoms with Crippen molar-refractivity contribution in [1.29, 1.82) is 0 Å². The van der Waals surface area contributed by atoms with Crippen LogP contribution in [0.5, 0.6) is 0 Å². The monoisotopic (exact) mass is 215 g/mol. The van der Waals surface area contributed by atoms with Crippen LogP contribution in [0.2, 0.25) is 0 Å². The van der Waals surface area contributed by atoms with Crippen LogP contribution in [-0.4, -0.2) is 38.2 Å². The van der Waals surface area contributed by atoms with Gasteiger partial charge in [-0.25, -0.2) is 0 Å². The standard InChI is InChI=1S/C10H17NO4/c1-14-9(12)6-4-7-3-5-8(11-7)10(13)15-2/h7-8,11H,3-6H2,1-2H3. The number of hydrogen-bond donors (Lipinski definition) is 1. The molecule has 1 N–H and O–H groups in total. The third-order valence-electron chi connectivity index (χ3n) is 2.65. The Morgan fingerprint density at radius 2 is 2.00 bits per heavy atom. The van der Waals surface area contributed by atoms with Crippen molar-refractivity contribution >= 4 is 11.9 Å². The molecule has 0 bridgehead atoms. The molecule has 1 rings (SSSR count). The fourth-order valence-electron chi connectivity index (χ4n) is 1.77. The van der Waals surface area contributed by atoms with Gasteiger partial charge in [0.2, 0.25) is 0 Å². The lowest BCUT2D eigenvalue weighted by molar-refractivity contribution is -0.142. The second-order valence-corrected chi connectivity index (χ2v) is 3.63. The molecule has 0 amide bonds. The van der Waals surface area contributed by atoms with Gasteiger partial charge in [-0.1, -0.05) is 0 Å². The Morgan fingerprint density at radius 1 is 1.27 bits per heavy atom. The maximum Gasteiger partial charge on any atom is 0.322 e. The first-order valence-corrected chi connectivity index (χ1v) is 5.08. The highest BCUT2D eigenvalue weighted by Gasteiger charge is 2.29. The van der Waals surface area contributed by atoms with Crippen molar-refractivity contribution in [2.75, 3.05) is 14.2 Å². The van der Waals surface area contributed by atoms with Gasteiger partial charge in [0.25, 0.3) is 0 Å². The number of carbonyl (C=O) groups excluding carboxylic acids is 2. The van der Waals surface area contributed by atoms with Gasteiger partial charge in [0.1, 0.15) is 6.04 Å². The van der Waals surface area contributed by atoms with Crippen LogP contribution in [0.15, 0.2) is 0 Å². The van der Waals surface area contributed by atoms with Gasteiger partial charge >= 0.3 is 11.9 Å². The Hall–Kier alpha value is -1.10. The average Bonchev–Trinajstić information content (AvgIpc) is 2.73. The molecule has 1 aliphatic heterocycles. The Kier molecular flexibility index (Phi) is 4.55. The summed E-state index contributed by atoms with van der Waals surface area (Å²) in [4.78, 5) is 22.1. The van der Waals surface area contributed by atoms with Crippen molar-refractivity contribution < 1.29 is 19.1 Å². The molecule has 1 saturated heterocycles. The highest BCUT2D eigenvalue weighted by atomic mass is 16.5. The molecule has 86 valence electrons. The minimum atomic E-state index is -0.226. The molecule has 15 heavy (non-hydrogen) atoms. The maximum absolute atomic E-state index is 11.2. The topological polar surface area (TPSA) is 64.6 Å². The molecule has 0 aromatic heterocycles. The number of ether oxygens (including phenoxy) is 2. The van der Waals surface area contributed by atoms with Crippen molar-refractivity contribution in [3.05, 3.63) is 0 Å². The molecule has 0 saturated carbocycles. The van der Waals surface area contributed by atoms with Crippen molar-refractivity contribution in [2.24, 2.45) is 0 Å². The third-order valence-corrected chi connectivity index (χ3v) is 2.65. The molecule has 1 heterocycles. The van der Waals surface area contributed by atoms with Gasteiger partial charge in [-0.05, 0) is 19.3 Å². The number of nitrogens with one attached hydrogen (secondary N) is 1. The fourth-order valence-corrected chi connectivity index (χ4v) is 1.77. The van der Waals surface area contributed by atoms with Crippen LogP contribution < -0.4 is 5.32 Å². The molecule has 1 aliphatic rings. The number of methoxy groups -OCH3 is 2. The first-order chi connectivity index (χ1) is 7.17. The minimum Gasteiger partial charge on any atom is -0.469 e. The zero-order valence-corrected chi connectivity index (χ0v) is 9.12. The third kappa shape index (κ3) is 3.51. The molecule has 5 nitrogen and oxygen atoms in total. The van der Waals surface area contributed by atoms with Crippen molar-refractivity contribution in [3.63, 3.8) is 0 Å². The quantitative estimate of drug-likeness (QED) is 0.680. The van der Waals surface area contributed by atoms with E-state index in [0.29, 0.717) is 12.8 Å². The number of esters is 2. The molecule has 0 aromatic carbocycles. The summed E-state index contributed by atoms with van der Waals surface area (Å²) in [6.07, 6.45) is 2.78. The van der Waals surface area contributed by atoms with Crippen LogP contribution in [0.4, 0.5) is 0 Å². The SMILES string of the molecule is COC(=O)CCC1CCC(C(=O)OC)N1. The summed E-state index contributed by atoms with van der Waals surface area (Å²) in [7, 11) is 2.76. The molecular formula is C10H17NO4. The molecule has 2 atom stereocenters. The van der Waals surface area contributed by atoms with E-state index >= 15 is 0 Å². The van der Waals surface area contributed by atoms with E-state index in [2.05, 4.69) is 14.8 Å². The lowest BCUT2D eigenvalue weighted by Crippen LogP contribution is -2.36. The van der Waals surface area contributed by atoms with E-state index in [0.717, 1.165) is 12.8 Å². The zero-order chi connectivity index (χ0) is 11.3. The van der Waals surface area contributed by atoms with E-state index < -0.39 is 0 Å². The summed E-state index contributed by atoms with van der Waals surface area (Å²) in [6.45, 7) is 0. The van der Waals surface area contributed by atoms with Crippen LogP contribution in [0, 0.1) is 0 Å². The van der Waals surface area contributed by atoms with Gasteiger partial charge < -0.3 is 14.8 Å². The normalized spacial score (nSPS) is 24.9. The van der Waals surface area contributed by atoms with Crippen molar-refractivity contribution in [3.8, 4) is 0 Å². The molecule has 0 aliphatic carbocycles. The van der Waals surface area contributed by atoms with Crippen LogP contribution in [-0.2, 0) is 19.1 Å². The predicted molar refractivity (Wildman–Crippen MR) is 53.2 cm³/mol. The zero-order valence-electron chi connectivity index (χ0n) is 9.12. The van der Waals surface area contributed by atoms with Gasteiger partial charge in [-0.2, -0.15) is 0 Å². The lowest BCUT2D eigenvalue weighted by atomic mass is 10.1. The van der Waals surface area contributed by atoms with Gasteiger partial charge in [0, 0.05) is 12.5 Å². The molecule has 0 spiro atoms. The maximum atomic E-state index is 11.2. The minimum absolute atomic E-state index is 0.210. The Labute approximate surface area is 89.1 Å². The fraction of sp³-hybridized carbons (Fsp3) is 0.800. The molecule has 1 fully saturated rings. The smallest absolute Gasteiger partial charge is 0.322 e. The highest BCUT2D eigenvalue weighted by molar-refractivity contribution is 5.76. The Balaban J connectivity index is 2.24. The number of rotatable bonds is 4. The van der Waals surface area contributed by atoms with Crippen molar-refractivity contribution in [2.45, 2.75) is 37.8 Å². The average molecular weight is 215 g/mol. The van der Waals surface area contributed by atoms with Crippen LogP contribution in [0.3, 0.4) is 0 Å². The summed E-state index contributed by atoms with van der Waals surface area (Å²) < 4.78 is 9.18. The van der Waals surface area contributed by atoms with E-state index in [4.69, 9.17) is 0 Å². The molecule has 0 radical (unpaired) electrons. The summed E-state index contributed by atoms with van der Waals surface area (Å²) in [6, 6.07) is 0.00541. The molecule has 5 heteroatoms. The summed E-state index contributed by atoms with van der Waals surface area (Å²) in [5, 5.41) is 3.14. The summed E-state index contributed by atoms with van der Waals surface area (Å²) in [5.74, 6) is -0.436. The summed E-state index contributed by atoms with van der Waals surface area (Å²) in [5.41, 5.74) is 0. The second-order valence-electron chi connectivity index (χ2n) is 3.63. The predicted octanol–water partition coefficient (Wildman–Crippen LogP) is 0.233. The lowest BCUT2D eigenvalue weighted by Gasteiger charge is -2.11. The number of hydrogen-bond acceptors (Lipinski definition) is 5. The number of carbonyl (C=O) groups is 2. The molecular weight excluding hydrogens is 198 g/mol. The van der Waals surface area contributed by atoms with Crippen LogP contribution in [0.1, 0.15) is 25.7 Å². The Morgan fingerprint density at radius 3 is 2.60 bits per heavy atom. The largest absolute Gasteiger partial charge is 0.469 e. The van der Waals surface area contributed by atoms with Crippen molar-refractivity contribution in [1.82, 2.24) is 5.32 Å². The van der Waals surface area contributed by atoms with Gasteiger partial charge in [0.15, 0.2) is 0 Å². The summed E-state index contributed by atoms with van der Waals surface area (Å²) >= 11 is 0. The molecule has 0 aromatic rings. The highest BCUT2D eigenvalue weighted by Crippen LogP contribution is 2.17. The van der Waals surface area contributed by atoms with Gasteiger partial charge in [-0.15, -0.1) is 0 Å². The Bertz CT molecular complexity index is 242. The van der Waals surface area contributed by atoms with E-state index in [1.165, 1.54) is 14.2 Å². The van der Waals surface area contributed by atoms with Crippen LogP contribution in [0.25, 0.3) is 0 Å². The van der Waals surface area contributed by atoms with Crippen LogP contribution >= 0.6 is 0 Å². The van der Waals surface area contributed by atoms with E-state index in [9.17, 15) is 9.59 Å². The second kappa shape index (κ2) is 5.70. The van der Waals surface area contributed by atoms with E-state index in [-0.39, 0.29) is 24.0 Å². The van der Waals surface area contributed by atoms with Gasteiger partial charge in [-0.3, -0.25) is 9.59 Å². The van der Waals surface area contributed by atoms with E-state index in [1.54, 1.807) is 0 Å². The first-order valence-electron chi connectivity index (χ1n) is 5.08. The molecule has 2 unspecified atom stereocenters. The van der Waals surface area contributed by atoms with Gasteiger partial charge in [0.05, 0.1) is 14.2 Å².